The van der Waals surface area contributed by atoms with E-state index in [9.17, 15) is 5.11 Å². The fraction of sp³-hybridized carbons (Fsp3) is 0.294. The van der Waals surface area contributed by atoms with Crippen molar-refractivity contribution in [3.8, 4) is 0 Å². The average molecular weight is 305 g/mol. The van der Waals surface area contributed by atoms with E-state index in [0.717, 1.165) is 16.1 Å². The molecule has 0 aliphatic carbocycles. The lowest BCUT2D eigenvalue weighted by molar-refractivity contribution is 0.141. The van der Waals surface area contributed by atoms with Crippen molar-refractivity contribution < 1.29 is 5.11 Å². The third-order valence-corrected chi connectivity index (χ3v) is 3.66. The first-order valence-electron chi connectivity index (χ1n) is 7.08. The fourth-order valence-corrected chi connectivity index (χ4v) is 2.27. The Morgan fingerprint density at radius 3 is 2.33 bits per heavy atom. The number of benzene rings is 2. The number of aliphatic hydroxyl groups excluding tert-OH is 1. The lowest BCUT2D eigenvalue weighted by Gasteiger charge is -2.19. The molecule has 21 heavy (non-hydrogen) atoms. The van der Waals surface area contributed by atoms with Gasteiger partial charge in [0.05, 0.1) is 6.10 Å². The molecule has 112 valence electrons. The van der Waals surface area contributed by atoms with E-state index in [0.29, 0.717) is 19.5 Å². The Labute approximate surface area is 130 Å². The Balaban J connectivity index is 1.73. The minimum Gasteiger partial charge on any atom is -0.390 e. The molecule has 0 bridgehead atoms. The van der Waals surface area contributed by atoms with Crippen molar-refractivity contribution in [1.82, 2.24) is 5.32 Å². The van der Waals surface area contributed by atoms with E-state index in [4.69, 9.17) is 17.3 Å². The number of nitrogens with one attached hydrogen (secondary N) is 1. The Morgan fingerprint density at radius 1 is 1.00 bits per heavy atom. The van der Waals surface area contributed by atoms with Crippen molar-refractivity contribution in [3.05, 3.63) is 70.7 Å². The van der Waals surface area contributed by atoms with Crippen LogP contribution in [0.25, 0.3) is 0 Å². The first-order chi connectivity index (χ1) is 10.1. The zero-order chi connectivity index (χ0) is 15.1. The van der Waals surface area contributed by atoms with Crippen molar-refractivity contribution in [3.63, 3.8) is 0 Å². The predicted octanol–water partition coefficient (Wildman–Crippen LogP) is 2.36. The summed E-state index contributed by atoms with van der Waals surface area (Å²) in [5.74, 6) is 0. The van der Waals surface area contributed by atoms with Gasteiger partial charge in [0.15, 0.2) is 0 Å². The molecule has 2 aromatic rings. The molecule has 0 fully saturated rings. The maximum Gasteiger partial charge on any atom is 0.0818 e. The normalized spacial score (nSPS) is 13.9. The largest absolute Gasteiger partial charge is 0.390 e. The Hall–Kier alpha value is -1.39. The Kier molecular flexibility index (Phi) is 6.21. The van der Waals surface area contributed by atoms with E-state index in [1.165, 1.54) is 0 Å². The topological polar surface area (TPSA) is 58.3 Å². The van der Waals surface area contributed by atoms with Crippen molar-refractivity contribution in [1.29, 1.82) is 0 Å². The summed E-state index contributed by atoms with van der Waals surface area (Å²) < 4.78 is 0. The van der Waals surface area contributed by atoms with Crippen LogP contribution in [0.2, 0.25) is 5.02 Å². The standard InChI is InChI=1S/C17H21ClN2O/c18-15-8-6-14(7-9-15)11-20-12-17(21)16(19)10-13-4-2-1-3-5-13/h1-9,16-17,20-21H,10-12,19H2. The van der Waals surface area contributed by atoms with Gasteiger partial charge in [0.2, 0.25) is 0 Å². The zero-order valence-electron chi connectivity index (χ0n) is 11.9. The highest BCUT2D eigenvalue weighted by Crippen LogP contribution is 2.09. The minimum atomic E-state index is -0.572. The van der Waals surface area contributed by atoms with E-state index in [1.807, 2.05) is 54.6 Å². The van der Waals surface area contributed by atoms with E-state index < -0.39 is 6.10 Å². The first-order valence-corrected chi connectivity index (χ1v) is 7.45. The van der Waals surface area contributed by atoms with Crippen LogP contribution in [0.3, 0.4) is 0 Å². The molecule has 2 atom stereocenters. The second kappa shape index (κ2) is 8.15. The lowest BCUT2D eigenvalue weighted by Crippen LogP contribution is -2.42. The monoisotopic (exact) mass is 304 g/mol. The third kappa shape index (κ3) is 5.48. The smallest absolute Gasteiger partial charge is 0.0818 e. The summed E-state index contributed by atoms with van der Waals surface area (Å²) in [5.41, 5.74) is 8.31. The first kappa shape index (κ1) is 16.0. The van der Waals surface area contributed by atoms with Crippen molar-refractivity contribution in [2.75, 3.05) is 6.54 Å². The van der Waals surface area contributed by atoms with Gasteiger partial charge < -0.3 is 16.2 Å². The van der Waals surface area contributed by atoms with Gasteiger partial charge in [-0.3, -0.25) is 0 Å². The molecule has 0 heterocycles. The second-order valence-corrected chi connectivity index (χ2v) is 5.61. The fourth-order valence-electron chi connectivity index (χ4n) is 2.14. The summed E-state index contributed by atoms with van der Waals surface area (Å²) >= 11 is 5.84. The second-order valence-electron chi connectivity index (χ2n) is 5.18. The number of rotatable bonds is 7. The van der Waals surface area contributed by atoms with Crippen LogP contribution in [-0.4, -0.2) is 23.8 Å². The Morgan fingerprint density at radius 2 is 1.67 bits per heavy atom. The van der Waals surface area contributed by atoms with E-state index in [1.54, 1.807) is 0 Å². The van der Waals surface area contributed by atoms with Crippen LogP contribution >= 0.6 is 11.6 Å². The molecule has 0 saturated carbocycles. The van der Waals surface area contributed by atoms with Crippen LogP contribution in [0.15, 0.2) is 54.6 Å². The van der Waals surface area contributed by atoms with Crippen molar-refractivity contribution in [2.45, 2.75) is 25.1 Å². The number of hydrogen-bond donors (Lipinski definition) is 3. The van der Waals surface area contributed by atoms with Crippen LogP contribution in [0.5, 0.6) is 0 Å². The predicted molar refractivity (Wildman–Crippen MR) is 87.3 cm³/mol. The molecule has 0 aromatic heterocycles. The molecule has 0 aliphatic rings. The molecule has 0 saturated heterocycles. The van der Waals surface area contributed by atoms with Gasteiger partial charge in [0.1, 0.15) is 0 Å². The summed E-state index contributed by atoms with van der Waals surface area (Å²) in [6.45, 7) is 1.16. The van der Waals surface area contributed by atoms with Gasteiger partial charge in [-0.1, -0.05) is 54.1 Å². The molecular formula is C17H21ClN2O. The van der Waals surface area contributed by atoms with Crippen LogP contribution in [-0.2, 0) is 13.0 Å². The molecule has 2 aromatic carbocycles. The molecular weight excluding hydrogens is 284 g/mol. The van der Waals surface area contributed by atoms with Crippen LogP contribution in [0, 0.1) is 0 Å². The SMILES string of the molecule is NC(Cc1ccccc1)C(O)CNCc1ccc(Cl)cc1. The summed E-state index contributed by atoms with van der Waals surface area (Å²) in [5, 5.41) is 14.0. The highest BCUT2D eigenvalue weighted by atomic mass is 35.5. The quantitative estimate of drug-likeness (QED) is 0.736. The van der Waals surface area contributed by atoms with Gasteiger partial charge in [-0.25, -0.2) is 0 Å². The van der Waals surface area contributed by atoms with Gasteiger partial charge in [0, 0.05) is 24.2 Å². The van der Waals surface area contributed by atoms with Gasteiger partial charge >= 0.3 is 0 Å². The van der Waals surface area contributed by atoms with Crippen LogP contribution in [0.1, 0.15) is 11.1 Å². The summed E-state index contributed by atoms with van der Waals surface area (Å²) in [6, 6.07) is 17.3. The maximum absolute atomic E-state index is 10.1. The van der Waals surface area contributed by atoms with Crippen LogP contribution in [0.4, 0.5) is 0 Å². The van der Waals surface area contributed by atoms with Crippen molar-refractivity contribution >= 4 is 11.6 Å². The number of halogens is 1. The molecule has 0 spiro atoms. The minimum absolute atomic E-state index is 0.273. The van der Waals surface area contributed by atoms with Gasteiger partial charge in [0.25, 0.3) is 0 Å². The highest BCUT2D eigenvalue weighted by molar-refractivity contribution is 6.30. The molecule has 0 amide bonds. The molecule has 3 nitrogen and oxygen atoms in total. The number of aliphatic hydroxyl groups is 1. The molecule has 2 unspecified atom stereocenters. The van der Waals surface area contributed by atoms with E-state index >= 15 is 0 Å². The summed E-state index contributed by atoms with van der Waals surface area (Å²) in [7, 11) is 0. The van der Waals surface area contributed by atoms with Gasteiger partial charge in [-0.15, -0.1) is 0 Å². The molecule has 4 heteroatoms. The summed E-state index contributed by atoms with van der Waals surface area (Å²) in [6.07, 6.45) is 0.0995. The van der Waals surface area contributed by atoms with Gasteiger partial charge in [-0.05, 0) is 29.7 Å². The Bertz CT molecular complexity index is 530. The van der Waals surface area contributed by atoms with E-state index in [-0.39, 0.29) is 6.04 Å². The number of hydrogen-bond acceptors (Lipinski definition) is 3. The molecule has 2 rings (SSSR count). The van der Waals surface area contributed by atoms with E-state index in [2.05, 4.69) is 5.32 Å². The third-order valence-electron chi connectivity index (χ3n) is 3.40. The molecule has 4 N–H and O–H groups in total. The molecule has 0 radical (unpaired) electrons. The molecule has 0 aliphatic heterocycles. The average Bonchev–Trinajstić information content (AvgIpc) is 2.50. The highest BCUT2D eigenvalue weighted by Gasteiger charge is 2.14. The lowest BCUT2D eigenvalue weighted by atomic mass is 10.0. The number of nitrogens with two attached hydrogens (primary N) is 1. The van der Waals surface area contributed by atoms with Gasteiger partial charge in [-0.2, -0.15) is 0 Å². The summed E-state index contributed by atoms with van der Waals surface area (Å²) in [4.78, 5) is 0. The van der Waals surface area contributed by atoms with Crippen LogP contribution < -0.4 is 11.1 Å². The maximum atomic E-state index is 10.1. The zero-order valence-corrected chi connectivity index (χ0v) is 12.6. The van der Waals surface area contributed by atoms with Crippen molar-refractivity contribution in [2.24, 2.45) is 5.73 Å².